The molecule has 1 amide bonds. The van der Waals surface area contributed by atoms with Crippen molar-refractivity contribution in [1.29, 1.82) is 0 Å². The predicted molar refractivity (Wildman–Crippen MR) is 135 cm³/mol. The summed E-state index contributed by atoms with van der Waals surface area (Å²) in [5, 5.41) is 4.23. The smallest absolute Gasteiger partial charge is 0.272 e. The summed E-state index contributed by atoms with van der Waals surface area (Å²) in [6.45, 7) is 7.20. The normalized spacial score (nSPS) is 11.2. The molecule has 2 aromatic heterocycles. The molecule has 0 aliphatic carbocycles. The molecule has 0 saturated heterocycles. The van der Waals surface area contributed by atoms with Crippen molar-refractivity contribution in [2.45, 2.75) is 25.5 Å². The van der Waals surface area contributed by atoms with Crippen molar-refractivity contribution >= 4 is 55.0 Å². The molecule has 10 heteroatoms. The van der Waals surface area contributed by atoms with Gasteiger partial charge < -0.3 is 22.6 Å². The molecule has 0 aliphatic rings. The van der Waals surface area contributed by atoms with Gasteiger partial charge in [0.2, 0.25) is 5.91 Å². The summed E-state index contributed by atoms with van der Waals surface area (Å²) in [4.78, 5) is 33.0. The zero-order chi connectivity index (χ0) is 23.4. The van der Waals surface area contributed by atoms with Crippen LogP contribution in [0.2, 0.25) is 0 Å². The number of halogens is 2. The third-order valence-electron chi connectivity index (χ3n) is 5.44. The number of fused-ring (bicyclic) bond motifs is 3. The fraction of sp³-hybridized carbons (Fsp3) is 0.292. The Morgan fingerprint density at radius 3 is 2.56 bits per heavy atom. The van der Waals surface area contributed by atoms with Crippen molar-refractivity contribution < 1.29 is 21.6 Å². The maximum absolute atomic E-state index is 13.4. The molecule has 34 heavy (non-hydrogen) atoms. The van der Waals surface area contributed by atoms with Gasteiger partial charge in [-0.3, -0.25) is 14.2 Å². The second kappa shape index (κ2) is 11.8. The number of carbonyl (C=O) groups excluding carboxylic acids is 1. The van der Waals surface area contributed by atoms with Crippen LogP contribution in [-0.2, 0) is 11.3 Å². The van der Waals surface area contributed by atoms with Crippen LogP contribution in [0.15, 0.2) is 58.5 Å². The van der Waals surface area contributed by atoms with Gasteiger partial charge in [-0.25, -0.2) is 9.37 Å². The Hall–Kier alpha value is -2.46. The fourth-order valence-electron chi connectivity index (χ4n) is 3.60. The number of amides is 1. The van der Waals surface area contributed by atoms with Crippen LogP contribution in [0.1, 0.15) is 13.8 Å². The van der Waals surface area contributed by atoms with Gasteiger partial charge in [0, 0.05) is 28.9 Å². The first-order valence-corrected chi connectivity index (χ1v) is 12.6. The second-order valence-electron chi connectivity index (χ2n) is 7.50. The lowest BCUT2D eigenvalue weighted by molar-refractivity contribution is -0.113. The number of carbonyl (C=O) groups is 1. The van der Waals surface area contributed by atoms with E-state index in [4.69, 9.17) is 4.98 Å². The Morgan fingerprint density at radius 2 is 1.85 bits per heavy atom. The summed E-state index contributed by atoms with van der Waals surface area (Å²) in [7, 11) is 0. The van der Waals surface area contributed by atoms with Gasteiger partial charge in [0.25, 0.3) is 5.56 Å². The van der Waals surface area contributed by atoms with Crippen molar-refractivity contribution in [3.63, 3.8) is 0 Å². The first-order valence-electron chi connectivity index (χ1n) is 10.8. The highest BCUT2D eigenvalue weighted by molar-refractivity contribution is 7.99. The SMILES string of the molecule is CCN(CC)CCn1c(SCC(=O)Nc2ccc(F)cc2)nc2c(sc3ccccc32)c1=O.[Cl-]. The topological polar surface area (TPSA) is 67.2 Å². The molecule has 0 spiro atoms. The number of benzene rings is 2. The molecule has 2 aromatic carbocycles. The van der Waals surface area contributed by atoms with Crippen LogP contribution in [0, 0.1) is 5.82 Å². The molecular formula is C24H25ClFN4O2S2-. The lowest BCUT2D eigenvalue weighted by atomic mass is 10.2. The number of aromatic nitrogens is 2. The molecule has 180 valence electrons. The van der Waals surface area contributed by atoms with E-state index in [1.165, 1.54) is 47.4 Å². The van der Waals surface area contributed by atoms with Gasteiger partial charge in [-0.15, -0.1) is 11.3 Å². The highest BCUT2D eigenvalue weighted by atomic mass is 35.5. The van der Waals surface area contributed by atoms with Gasteiger partial charge in [-0.05, 0) is 43.4 Å². The molecule has 1 N–H and O–H groups in total. The maximum Gasteiger partial charge on any atom is 0.272 e. The standard InChI is InChI=1S/C24H25FN4O2S2.ClH/c1-3-28(4-2)13-14-29-23(31)22-21(18-7-5-6-8-19(18)33-22)27-24(29)32-15-20(30)26-17-11-9-16(25)10-12-17;/h5-12H,3-4,13-15H2,1-2H3,(H,26,30);1H/p-1. The first-order chi connectivity index (χ1) is 16.0. The lowest BCUT2D eigenvalue weighted by Gasteiger charge is -2.19. The molecule has 0 fully saturated rings. The van der Waals surface area contributed by atoms with Gasteiger partial charge in [-0.2, -0.15) is 0 Å². The number of likely N-dealkylation sites (N-methyl/N-ethyl adjacent to an activating group) is 1. The van der Waals surface area contributed by atoms with Gasteiger partial charge in [0.05, 0.1) is 11.3 Å². The highest BCUT2D eigenvalue weighted by Crippen LogP contribution is 2.31. The Balaban J connectivity index is 0.00000324. The Kier molecular flexibility index (Phi) is 9.07. The summed E-state index contributed by atoms with van der Waals surface area (Å²) in [5.74, 6) is -0.519. The van der Waals surface area contributed by atoms with E-state index >= 15 is 0 Å². The van der Waals surface area contributed by atoms with E-state index in [-0.39, 0.29) is 35.4 Å². The van der Waals surface area contributed by atoms with Gasteiger partial charge >= 0.3 is 0 Å². The third kappa shape index (κ3) is 5.78. The number of thiophene rings is 1. The minimum atomic E-state index is -0.361. The molecule has 4 aromatic rings. The van der Waals surface area contributed by atoms with E-state index in [0.717, 1.165) is 29.7 Å². The van der Waals surface area contributed by atoms with E-state index in [9.17, 15) is 14.0 Å². The number of hydrogen-bond donors (Lipinski definition) is 1. The van der Waals surface area contributed by atoms with Crippen LogP contribution in [0.3, 0.4) is 0 Å². The summed E-state index contributed by atoms with van der Waals surface area (Å²) in [5.41, 5.74) is 1.13. The predicted octanol–water partition coefficient (Wildman–Crippen LogP) is 1.83. The zero-order valence-electron chi connectivity index (χ0n) is 18.9. The third-order valence-corrected chi connectivity index (χ3v) is 7.57. The van der Waals surface area contributed by atoms with Gasteiger partial charge in [0.15, 0.2) is 5.16 Å². The maximum atomic E-state index is 13.4. The van der Waals surface area contributed by atoms with Gasteiger partial charge in [-0.1, -0.05) is 43.8 Å². The van der Waals surface area contributed by atoms with Crippen LogP contribution in [0.5, 0.6) is 0 Å². The highest BCUT2D eigenvalue weighted by Gasteiger charge is 2.18. The minimum Gasteiger partial charge on any atom is -1.00 e. The Bertz CT molecular complexity index is 1340. The summed E-state index contributed by atoms with van der Waals surface area (Å²) in [6, 6.07) is 13.5. The van der Waals surface area contributed by atoms with E-state index in [0.29, 0.717) is 27.6 Å². The Morgan fingerprint density at radius 1 is 1.15 bits per heavy atom. The van der Waals surface area contributed by atoms with E-state index < -0.39 is 0 Å². The van der Waals surface area contributed by atoms with Crippen molar-refractivity contribution in [1.82, 2.24) is 14.5 Å². The van der Waals surface area contributed by atoms with Crippen molar-refractivity contribution in [2.75, 3.05) is 30.7 Å². The Labute approximate surface area is 211 Å². The summed E-state index contributed by atoms with van der Waals surface area (Å²) < 4.78 is 16.4. The molecule has 0 aliphatic heterocycles. The van der Waals surface area contributed by atoms with Crippen molar-refractivity contribution in [3.8, 4) is 0 Å². The molecule has 0 radical (unpaired) electrons. The molecule has 0 atom stereocenters. The van der Waals surface area contributed by atoms with Crippen molar-refractivity contribution in [2.24, 2.45) is 0 Å². The zero-order valence-corrected chi connectivity index (χ0v) is 21.3. The quantitative estimate of drug-likeness (QED) is 0.270. The molecule has 0 unspecified atom stereocenters. The number of nitrogens with one attached hydrogen (secondary N) is 1. The number of thioether (sulfide) groups is 1. The van der Waals surface area contributed by atoms with Crippen LogP contribution in [-0.4, -0.2) is 45.7 Å². The van der Waals surface area contributed by atoms with Crippen LogP contribution >= 0.6 is 23.1 Å². The average molecular weight is 520 g/mol. The van der Waals surface area contributed by atoms with E-state index in [1.807, 2.05) is 24.3 Å². The largest absolute Gasteiger partial charge is 1.00 e. The molecule has 0 bridgehead atoms. The van der Waals surface area contributed by atoms with E-state index in [2.05, 4.69) is 24.1 Å². The van der Waals surface area contributed by atoms with Crippen LogP contribution in [0.4, 0.5) is 10.1 Å². The number of rotatable bonds is 9. The van der Waals surface area contributed by atoms with Crippen LogP contribution in [0.25, 0.3) is 20.3 Å². The second-order valence-corrected chi connectivity index (χ2v) is 9.49. The van der Waals surface area contributed by atoms with Crippen molar-refractivity contribution in [3.05, 3.63) is 64.7 Å². The number of hydrogen-bond acceptors (Lipinski definition) is 6. The first kappa shape index (κ1) is 26.2. The molecule has 0 saturated carbocycles. The molecular weight excluding hydrogens is 495 g/mol. The molecule has 6 nitrogen and oxygen atoms in total. The lowest BCUT2D eigenvalue weighted by Crippen LogP contribution is -3.00. The minimum absolute atomic E-state index is 0. The summed E-state index contributed by atoms with van der Waals surface area (Å²) >= 11 is 2.69. The number of anilines is 1. The van der Waals surface area contributed by atoms with Gasteiger partial charge in [0.1, 0.15) is 10.5 Å². The molecule has 2 heterocycles. The fourth-order valence-corrected chi connectivity index (χ4v) is 5.51. The molecule has 4 rings (SSSR count). The summed E-state index contributed by atoms with van der Waals surface area (Å²) in [6.07, 6.45) is 0. The van der Waals surface area contributed by atoms with Crippen LogP contribution < -0.4 is 23.3 Å². The monoisotopic (exact) mass is 519 g/mol. The number of nitrogens with zero attached hydrogens (tertiary/aromatic N) is 3. The van der Waals surface area contributed by atoms with E-state index in [1.54, 1.807) is 4.57 Å². The average Bonchev–Trinajstić information content (AvgIpc) is 3.20.